The number of nitrogens with one attached hydrogen (secondary N) is 4. The number of hydrogen-bond acceptors (Lipinski definition) is 10. The summed E-state index contributed by atoms with van der Waals surface area (Å²) in [6.45, 7) is 1.45. The van der Waals surface area contributed by atoms with Crippen LogP contribution in [0.5, 0.6) is 0 Å². The zero-order valence-corrected chi connectivity index (χ0v) is 24.5. The Hall–Kier alpha value is -4.23. The van der Waals surface area contributed by atoms with Crippen molar-refractivity contribution in [2.45, 2.75) is 82.1 Å². The number of guanidine groups is 2. The predicted octanol–water partition coefficient (Wildman–Crippen LogP) is -5.41. The maximum absolute atomic E-state index is 13.2. The zero-order chi connectivity index (χ0) is 32.9. The first kappa shape index (κ1) is 38.8. The van der Waals surface area contributed by atoms with Gasteiger partial charge in [-0.1, -0.05) is 0 Å². The smallest absolute Gasteiger partial charge is 0.326 e. The monoisotopic (exact) mass is 616 g/mol. The Morgan fingerprint density at radius 1 is 0.674 bits per heavy atom. The molecule has 43 heavy (non-hydrogen) atoms. The van der Waals surface area contributed by atoms with Crippen molar-refractivity contribution in [1.29, 1.82) is 0 Å². The van der Waals surface area contributed by atoms with Gasteiger partial charge in [-0.3, -0.25) is 29.2 Å². The molecule has 19 heteroatoms. The van der Waals surface area contributed by atoms with Gasteiger partial charge in [-0.15, -0.1) is 0 Å². The van der Waals surface area contributed by atoms with Gasteiger partial charge in [0.15, 0.2) is 11.9 Å². The molecule has 0 aliphatic heterocycles. The molecule has 5 atom stereocenters. The first-order chi connectivity index (χ1) is 20.2. The highest BCUT2D eigenvalue weighted by Crippen LogP contribution is 2.07. The third-order valence-corrected chi connectivity index (χ3v) is 5.98. The zero-order valence-electron chi connectivity index (χ0n) is 24.5. The Morgan fingerprint density at radius 3 is 1.58 bits per heavy atom. The molecular weight excluding hydrogens is 568 g/mol. The van der Waals surface area contributed by atoms with Gasteiger partial charge in [-0.25, -0.2) is 4.79 Å². The summed E-state index contributed by atoms with van der Waals surface area (Å²) in [6.07, 6.45) is 0.219. The van der Waals surface area contributed by atoms with E-state index in [0.29, 0.717) is 19.4 Å². The van der Waals surface area contributed by atoms with Crippen molar-refractivity contribution in [3.63, 3.8) is 0 Å². The maximum atomic E-state index is 13.2. The quantitative estimate of drug-likeness (QED) is 0.0307. The number of rotatable bonds is 22. The van der Waals surface area contributed by atoms with Crippen LogP contribution in [0.1, 0.15) is 51.9 Å². The number of nitrogens with zero attached hydrogens (tertiary/aromatic N) is 2. The van der Waals surface area contributed by atoms with E-state index in [1.807, 2.05) is 0 Å². The lowest BCUT2D eigenvalue weighted by atomic mass is 10.0. The van der Waals surface area contributed by atoms with Crippen molar-refractivity contribution in [1.82, 2.24) is 21.3 Å². The van der Waals surface area contributed by atoms with E-state index in [2.05, 4.69) is 31.3 Å². The molecule has 0 radical (unpaired) electrons. The third kappa shape index (κ3) is 17.4. The van der Waals surface area contributed by atoms with Crippen LogP contribution in [0.4, 0.5) is 0 Å². The summed E-state index contributed by atoms with van der Waals surface area (Å²) in [4.78, 5) is 70.6. The van der Waals surface area contributed by atoms with Gasteiger partial charge in [0.1, 0.15) is 24.2 Å². The van der Waals surface area contributed by atoms with E-state index in [4.69, 9.17) is 34.4 Å². The number of amides is 4. The van der Waals surface area contributed by atoms with Crippen molar-refractivity contribution in [2.75, 3.05) is 26.2 Å². The third-order valence-electron chi connectivity index (χ3n) is 5.98. The number of aliphatic imine (C=N–C) groups is 2. The molecule has 0 bridgehead atoms. The highest BCUT2D eigenvalue weighted by atomic mass is 16.4. The minimum absolute atomic E-state index is 0.00998. The number of carbonyl (C=O) groups is 5. The summed E-state index contributed by atoms with van der Waals surface area (Å²) >= 11 is 0. The lowest BCUT2D eigenvalue weighted by molar-refractivity contribution is -0.142. The van der Waals surface area contributed by atoms with Crippen LogP contribution in [-0.4, -0.2) is 108 Å². The van der Waals surface area contributed by atoms with Gasteiger partial charge >= 0.3 is 5.97 Å². The molecule has 0 aliphatic carbocycles. The normalized spacial score (nSPS) is 14.1. The molecule has 0 fully saturated rings. The summed E-state index contributed by atoms with van der Waals surface area (Å²) in [7, 11) is 0. The highest BCUT2D eigenvalue weighted by molar-refractivity contribution is 5.95. The number of carbonyl (C=O) groups excluding carboxylic acids is 4. The van der Waals surface area contributed by atoms with E-state index in [1.165, 1.54) is 6.92 Å². The van der Waals surface area contributed by atoms with E-state index < -0.39 is 66.4 Å². The molecule has 0 saturated heterocycles. The number of carboxylic acids is 1. The van der Waals surface area contributed by atoms with Crippen molar-refractivity contribution in [3.05, 3.63) is 0 Å². The standard InChI is InChI=1S/C24H48N12O7/c1-13(37)18(36-20(40)14(33-17(38)12-26)7-4-10-31-23(27)28)21(41)34-15(8-5-11-32-24(29)30)19(39)35-16(22(42)43)6-2-3-9-25/h13-16,18,37H,2-12,25-26H2,1H3,(H,33,38)(H,34,41)(H,35,39)(H,36,40)(H,42,43)(H4,27,28,31)(H4,29,30,32)/t13-,14+,15+,16+,18+/m1/s1. The summed E-state index contributed by atoms with van der Waals surface area (Å²) in [5.41, 5.74) is 32.1. The van der Waals surface area contributed by atoms with Crippen LogP contribution < -0.4 is 55.7 Å². The minimum Gasteiger partial charge on any atom is -0.480 e. The molecular formula is C24H48N12O7. The van der Waals surface area contributed by atoms with Crippen LogP contribution in [0.3, 0.4) is 0 Å². The Balaban J connectivity index is 5.80. The molecule has 0 saturated carbocycles. The van der Waals surface area contributed by atoms with Gasteiger partial charge in [0.05, 0.1) is 12.6 Å². The molecule has 0 unspecified atom stereocenters. The van der Waals surface area contributed by atoms with Crippen molar-refractivity contribution >= 4 is 41.5 Å². The van der Waals surface area contributed by atoms with Gasteiger partial charge in [0.2, 0.25) is 23.6 Å². The van der Waals surface area contributed by atoms with Gasteiger partial charge < -0.3 is 65.9 Å². The summed E-state index contributed by atoms with van der Waals surface area (Å²) in [5, 5.41) is 29.5. The van der Waals surface area contributed by atoms with Crippen LogP contribution >= 0.6 is 0 Å². The minimum atomic E-state index is -1.56. The number of aliphatic hydroxyl groups is 1. The molecule has 0 spiro atoms. The van der Waals surface area contributed by atoms with Crippen LogP contribution in [-0.2, 0) is 24.0 Å². The fourth-order valence-electron chi connectivity index (χ4n) is 3.74. The SMILES string of the molecule is C[C@@H](O)[C@H](NC(=O)[C@H](CCCN=C(N)N)NC(=O)CN)C(=O)N[C@@H](CCCN=C(N)N)C(=O)N[C@@H](CCCCN)C(=O)O. The lowest BCUT2D eigenvalue weighted by Gasteiger charge is -2.27. The van der Waals surface area contributed by atoms with Crippen LogP contribution in [0.25, 0.3) is 0 Å². The van der Waals surface area contributed by atoms with Gasteiger partial charge in [-0.05, 0) is 58.4 Å². The first-order valence-electron chi connectivity index (χ1n) is 13.9. The molecule has 246 valence electrons. The van der Waals surface area contributed by atoms with Crippen LogP contribution in [0.15, 0.2) is 9.98 Å². The first-order valence-corrected chi connectivity index (χ1v) is 13.9. The Morgan fingerprint density at radius 2 is 1.14 bits per heavy atom. The summed E-state index contributed by atoms with van der Waals surface area (Å²) < 4.78 is 0. The Kier molecular flexibility index (Phi) is 19.4. The van der Waals surface area contributed by atoms with Crippen molar-refractivity contribution in [2.24, 2.45) is 44.4 Å². The van der Waals surface area contributed by atoms with Crippen molar-refractivity contribution < 1.29 is 34.2 Å². The largest absolute Gasteiger partial charge is 0.480 e. The Labute approximate surface area is 250 Å². The van der Waals surface area contributed by atoms with Gasteiger partial charge in [0, 0.05) is 13.1 Å². The second-order valence-electron chi connectivity index (χ2n) is 9.69. The second kappa shape index (κ2) is 21.5. The topological polar surface area (TPSA) is 355 Å². The maximum Gasteiger partial charge on any atom is 0.326 e. The van der Waals surface area contributed by atoms with E-state index in [0.717, 1.165) is 0 Å². The number of unbranched alkanes of at least 4 members (excludes halogenated alkanes) is 1. The fourth-order valence-corrected chi connectivity index (χ4v) is 3.74. The van der Waals surface area contributed by atoms with E-state index in [9.17, 15) is 34.2 Å². The van der Waals surface area contributed by atoms with Crippen LogP contribution in [0, 0.1) is 0 Å². The number of hydrogen-bond donors (Lipinski definition) is 12. The average Bonchev–Trinajstić information content (AvgIpc) is 2.93. The molecule has 19 nitrogen and oxygen atoms in total. The number of carboxylic acid groups (broad SMARTS) is 1. The van der Waals surface area contributed by atoms with E-state index in [-0.39, 0.29) is 57.1 Å². The number of aliphatic carboxylic acids is 1. The molecule has 0 rings (SSSR count). The van der Waals surface area contributed by atoms with Crippen molar-refractivity contribution in [3.8, 4) is 0 Å². The van der Waals surface area contributed by atoms with Gasteiger partial charge in [0.25, 0.3) is 0 Å². The molecule has 0 aromatic heterocycles. The molecule has 4 amide bonds. The van der Waals surface area contributed by atoms with E-state index in [1.54, 1.807) is 0 Å². The highest BCUT2D eigenvalue weighted by Gasteiger charge is 2.33. The van der Waals surface area contributed by atoms with Gasteiger partial charge in [-0.2, -0.15) is 0 Å². The molecule has 18 N–H and O–H groups in total. The second-order valence-corrected chi connectivity index (χ2v) is 9.69. The predicted molar refractivity (Wildman–Crippen MR) is 159 cm³/mol. The average molecular weight is 617 g/mol. The Bertz CT molecular complexity index is 968. The van der Waals surface area contributed by atoms with Crippen LogP contribution in [0.2, 0.25) is 0 Å². The number of aliphatic hydroxyl groups excluding tert-OH is 1. The molecule has 0 heterocycles. The van der Waals surface area contributed by atoms with E-state index >= 15 is 0 Å². The molecule has 0 aliphatic rings. The summed E-state index contributed by atoms with van der Waals surface area (Å²) in [5.74, 6) is -4.80. The summed E-state index contributed by atoms with van der Waals surface area (Å²) in [6, 6.07) is -5.23. The lowest BCUT2D eigenvalue weighted by Crippen LogP contribution is -2.60. The number of nitrogens with two attached hydrogens (primary N) is 6. The fraction of sp³-hybridized carbons (Fsp3) is 0.708. The molecule has 0 aromatic rings. The molecule has 0 aromatic carbocycles.